The van der Waals surface area contributed by atoms with Gasteiger partial charge in [-0.2, -0.15) is 5.10 Å². The number of hydrogen-bond acceptors (Lipinski definition) is 3. The van der Waals surface area contributed by atoms with Gasteiger partial charge in [-0.15, -0.1) is 0 Å². The van der Waals surface area contributed by atoms with E-state index >= 15 is 0 Å². The molecule has 1 amide bonds. The van der Waals surface area contributed by atoms with E-state index < -0.39 is 0 Å². The number of aryl methyl sites for hydroxylation is 2. The molecule has 1 heterocycles. The van der Waals surface area contributed by atoms with Crippen LogP contribution in [-0.4, -0.2) is 27.4 Å². The number of amides is 1. The van der Waals surface area contributed by atoms with Gasteiger partial charge in [0, 0.05) is 24.2 Å². The van der Waals surface area contributed by atoms with E-state index in [2.05, 4.69) is 10.4 Å². The molecule has 1 unspecified atom stereocenters. The monoisotopic (exact) mass is 347 g/mol. The molecule has 0 aliphatic heterocycles. The number of carbonyl (C=O) groups excluding carboxylic acids is 1. The van der Waals surface area contributed by atoms with Crippen LogP contribution in [0.1, 0.15) is 46.8 Å². The van der Waals surface area contributed by atoms with Crippen molar-refractivity contribution in [3.63, 3.8) is 0 Å². The largest absolute Gasteiger partial charge is 0.396 e. The summed E-state index contributed by atoms with van der Waals surface area (Å²) in [5.74, 6) is -0.228. The first-order valence-electron chi connectivity index (χ1n) is 8.12. The lowest BCUT2D eigenvalue weighted by Crippen LogP contribution is -2.47. The van der Waals surface area contributed by atoms with Crippen LogP contribution in [0.3, 0.4) is 0 Å². The van der Waals surface area contributed by atoms with Gasteiger partial charge in [-0.05, 0) is 37.5 Å². The van der Waals surface area contributed by atoms with Gasteiger partial charge < -0.3 is 10.4 Å². The van der Waals surface area contributed by atoms with E-state index in [-0.39, 0.29) is 24.0 Å². The van der Waals surface area contributed by atoms with Crippen LogP contribution in [0.4, 0.5) is 0 Å². The number of rotatable bonds is 5. The maximum Gasteiger partial charge on any atom is 0.253 e. The van der Waals surface area contributed by atoms with E-state index in [0.29, 0.717) is 10.6 Å². The van der Waals surface area contributed by atoms with Crippen molar-refractivity contribution >= 4 is 17.5 Å². The third-order valence-electron chi connectivity index (χ3n) is 4.98. The summed E-state index contributed by atoms with van der Waals surface area (Å²) < 4.78 is 1.71. The summed E-state index contributed by atoms with van der Waals surface area (Å²) in [5, 5.41) is 17.7. The van der Waals surface area contributed by atoms with E-state index in [1.165, 1.54) is 0 Å². The Morgan fingerprint density at radius 1 is 1.50 bits per heavy atom. The van der Waals surface area contributed by atoms with Gasteiger partial charge in [-0.1, -0.05) is 24.1 Å². The lowest BCUT2D eigenvalue weighted by atomic mass is 9.63. The number of nitrogens with zero attached hydrogens (tertiary/aromatic N) is 2. The maximum absolute atomic E-state index is 12.8. The number of benzene rings is 1. The zero-order valence-electron chi connectivity index (χ0n) is 13.9. The van der Waals surface area contributed by atoms with Gasteiger partial charge in [-0.3, -0.25) is 9.48 Å². The van der Waals surface area contributed by atoms with Crippen molar-refractivity contribution in [1.82, 2.24) is 15.1 Å². The SMILES string of the molecule is Cc1ccc(C(=O)NC(c2cnn(C)c2)C2(CO)CCC2)c(Cl)c1. The maximum atomic E-state index is 12.8. The Balaban J connectivity index is 1.90. The van der Waals surface area contributed by atoms with Gasteiger partial charge in [0.25, 0.3) is 5.91 Å². The molecule has 2 aromatic rings. The molecule has 0 radical (unpaired) electrons. The highest BCUT2D eigenvalue weighted by Gasteiger charge is 2.45. The average Bonchev–Trinajstić information content (AvgIpc) is 2.91. The second-order valence-corrected chi connectivity index (χ2v) is 7.12. The Hall–Kier alpha value is -1.85. The Kier molecular flexibility index (Phi) is 4.65. The lowest BCUT2D eigenvalue weighted by molar-refractivity contribution is 0.00598. The van der Waals surface area contributed by atoms with Crippen molar-refractivity contribution < 1.29 is 9.90 Å². The predicted octanol–water partition coefficient (Wildman–Crippen LogP) is 3.02. The normalized spacial score (nSPS) is 17.2. The third kappa shape index (κ3) is 3.06. The van der Waals surface area contributed by atoms with Gasteiger partial charge in [0.05, 0.1) is 29.4 Å². The van der Waals surface area contributed by atoms with Crippen LogP contribution in [0, 0.1) is 12.3 Å². The molecule has 128 valence electrons. The van der Waals surface area contributed by atoms with Gasteiger partial charge in [0.2, 0.25) is 0 Å². The third-order valence-corrected chi connectivity index (χ3v) is 5.29. The molecule has 1 aliphatic carbocycles. The second-order valence-electron chi connectivity index (χ2n) is 6.71. The minimum absolute atomic E-state index is 0.0362. The average molecular weight is 348 g/mol. The van der Waals surface area contributed by atoms with Gasteiger partial charge in [0.1, 0.15) is 0 Å². The molecule has 1 saturated carbocycles. The zero-order chi connectivity index (χ0) is 17.3. The summed E-state index contributed by atoms with van der Waals surface area (Å²) in [5.41, 5.74) is 2.04. The van der Waals surface area contributed by atoms with Crippen LogP contribution < -0.4 is 5.32 Å². The number of aliphatic hydroxyl groups excluding tert-OH is 1. The number of aromatic nitrogens is 2. The number of nitrogens with one attached hydrogen (secondary N) is 1. The number of carbonyl (C=O) groups is 1. The van der Waals surface area contributed by atoms with Crippen molar-refractivity contribution in [1.29, 1.82) is 0 Å². The Bertz CT molecular complexity index is 747. The van der Waals surface area contributed by atoms with Crippen molar-refractivity contribution in [3.05, 3.63) is 52.3 Å². The zero-order valence-corrected chi connectivity index (χ0v) is 14.7. The first-order valence-corrected chi connectivity index (χ1v) is 8.49. The number of aliphatic hydroxyl groups is 1. The second kappa shape index (κ2) is 6.57. The summed E-state index contributed by atoms with van der Waals surface area (Å²) in [4.78, 5) is 12.8. The fourth-order valence-corrected chi connectivity index (χ4v) is 3.68. The van der Waals surface area contributed by atoms with Crippen LogP contribution >= 0.6 is 11.6 Å². The highest BCUT2D eigenvalue weighted by atomic mass is 35.5. The van der Waals surface area contributed by atoms with Gasteiger partial charge in [-0.25, -0.2) is 0 Å². The van der Waals surface area contributed by atoms with Crippen molar-refractivity contribution in [2.24, 2.45) is 12.5 Å². The molecule has 3 rings (SSSR count). The summed E-state index contributed by atoms with van der Waals surface area (Å²) in [6.07, 6.45) is 6.45. The first-order chi connectivity index (χ1) is 11.4. The molecular formula is C18H22ClN3O2. The molecule has 1 aliphatic rings. The summed E-state index contributed by atoms with van der Waals surface area (Å²) in [6, 6.07) is 5.10. The molecule has 1 atom stereocenters. The number of halogens is 1. The molecule has 1 aromatic carbocycles. The molecule has 1 fully saturated rings. The summed E-state index contributed by atoms with van der Waals surface area (Å²) in [7, 11) is 1.84. The molecule has 2 N–H and O–H groups in total. The highest BCUT2D eigenvalue weighted by molar-refractivity contribution is 6.33. The van der Waals surface area contributed by atoms with E-state index in [0.717, 1.165) is 30.4 Å². The Morgan fingerprint density at radius 2 is 2.25 bits per heavy atom. The summed E-state index contributed by atoms with van der Waals surface area (Å²) >= 11 is 6.23. The van der Waals surface area contributed by atoms with Crippen LogP contribution in [0.15, 0.2) is 30.6 Å². The fourth-order valence-electron chi connectivity index (χ4n) is 3.36. The molecule has 6 heteroatoms. The predicted molar refractivity (Wildman–Crippen MR) is 93.0 cm³/mol. The van der Waals surface area contributed by atoms with Gasteiger partial charge in [0.15, 0.2) is 0 Å². The van der Waals surface area contributed by atoms with Crippen LogP contribution in [-0.2, 0) is 7.05 Å². The van der Waals surface area contributed by atoms with Gasteiger partial charge >= 0.3 is 0 Å². The van der Waals surface area contributed by atoms with Crippen LogP contribution in [0.2, 0.25) is 5.02 Å². The van der Waals surface area contributed by atoms with Crippen molar-refractivity contribution in [3.8, 4) is 0 Å². The molecule has 0 spiro atoms. The van der Waals surface area contributed by atoms with Crippen LogP contribution in [0.5, 0.6) is 0 Å². The lowest BCUT2D eigenvalue weighted by Gasteiger charge is -2.46. The Labute approximate surface area is 146 Å². The molecule has 0 bridgehead atoms. The van der Waals surface area contributed by atoms with Crippen LogP contribution in [0.25, 0.3) is 0 Å². The molecule has 5 nitrogen and oxygen atoms in total. The topological polar surface area (TPSA) is 67.2 Å². The standard InChI is InChI=1S/C18H22ClN3O2/c1-12-4-5-14(15(19)8-12)17(24)21-16(13-9-20-22(2)10-13)18(11-23)6-3-7-18/h4-5,8-10,16,23H,3,6-7,11H2,1-2H3,(H,21,24). The van der Waals surface area contributed by atoms with Crippen molar-refractivity contribution in [2.75, 3.05) is 6.61 Å². The molecule has 1 aromatic heterocycles. The smallest absolute Gasteiger partial charge is 0.253 e. The fraction of sp³-hybridized carbons (Fsp3) is 0.444. The minimum atomic E-state index is -0.324. The quantitative estimate of drug-likeness (QED) is 0.873. The Morgan fingerprint density at radius 3 is 2.75 bits per heavy atom. The highest BCUT2D eigenvalue weighted by Crippen LogP contribution is 2.50. The molecular weight excluding hydrogens is 326 g/mol. The van der Waals surface area contributed by atoms with E-state index in [9.17, 15) is 9.90 Å². The summed E-state index contributed by atoms with van der Waals surface area (Å²) in [6.45, 7) is 1.97. The van der Waals surface area contributed by atoms with E-state index in [1.54, 1.807) is 23.0 Å². The van der Waals surface area contributed by atoms with E-state index in [4.69, 9.17) is 11.6 Å². The first kappa shape index (κ1) is 17.0. The minimum Gasteiger partial charge on any atom is -0.396 e. The number of hydrogen-bond donors (Lipinski definition) is 2. The molecule has 24 heavy (non-hydrogen) atoms. The molecule has 0 saturated heterocycles. The van der Waals surface area contributed by atoms with E-state index in [1.807, 2.05) is 26.2 Å². The van der Waals surface area contributed by atoms with Crippen molar-refractivity contribution in [2.45, 2.75) is 32.2 Å².